The smallest absolute Gasteiger partial charge is 0.333 e. The van der Waals surface area contributed by atoms with Crippen molar-refractivity contribution >= 4 is 5.97 Å². The van der Waals surface area contributed by atoms with Crippen LogP contribution in [0.15, 0.2) is 72.8 Å². The molecule has 0 aliphatic carbocycles. The highest BCUT2D eigenvalue weighted by Gasteiger charge is 2.12. The van der Waals surface area contributed by atoms with E-state index in [0.29, 0.717) is 18.6 Å². The van der Waals surface area contributed by atoms with Gasteiger partial charge in [-0.2, -0.15) is 0 Å². The summed E-state index contributed by atoms with van der Waals surface area (Å²) in [5.41, 5.74) is 8.85. The Kier molecular flexibility index (Phi) is 11.0. The van der Waals surface area contributed by atoms with E-state index < -0.39 is 0 Å². The van der Waals surface area contributed by atoms with Crippen LogP contribution < -0.4 is 4.74 Å². The van der Waals surface area contributed by atoms with E-state index >= 15 is 0 Å². The summed E-state index contributed by atoms with van der Waals surface area (Å²) in [6.45, 7) is 10.2. The van der Waals surface area contributed by atoms with E-state index in [4.69, 9.17) is 14.6 Å². The van der Waals surface area contributed by atoms with Gasteiger partial charge in [0.2, 0.25) is 0 Å². The molecule has 0 unspecified atom stereocenters. The van der Waals surface area contributed by atoms with Crippen LogP contribution in [0.5, 0.6) is 5.75 Å². The molecule has 4 nitrogen and oxygen atoms in total. The van der Waals surface area contributed by atoms with Crippen molar-refractivity contribution in [2.24, 2.45) is 0 Å². The quantitative estimate of drug-likeness (QED) is 0.142. The number of esters is 1. The second-order valence-corrected chi connectivity index (χ2v) is 9.59. The van der Waals surface area contributed by atoms with Crippen molar-refractivity contribution in [1.82, 2.24) is 0 Å². The maximum atomic E-state index is 11.7. The fourth-order valence-corrected chi connectivity index (χ4v) is 4.43. The Hall–Kier alpha value is -3.37. The molecule has 3 rings (SSSR count). The molecule has 0 saturated heterocycles. The van der Waals surface area contributed by atoms with Gasteiger partial charge in [0.1, 0.15) is 12.4 Å². The van der Waals surface area contributed by atoms with Gasteiger partial charge in [0.15, 0.2) is 0 Å². The molecule has 0 heterocycles. The molecule has 0 amide bonds. The van der Waals surface area contributed by atoms with E-state index in [2.05, 4.69) is 69.0 Å². The third-order valence-corrected chi connectivity index (χ3v) is 6.48. The van der Waals surface area contributed by atoms with E-state index in [1.54, 1.807) is 6.92 Å². The molecule has 0 aliphatic rings. The van der Waals surface area contributed by atoms with E-state index in [1.807, 2.05) is 12.1 Å². The van der Waals surface area contributed by atoms with Crippen LogP contribution in [0.4, 0.5) is 0 Å². The normalized spacial score (nSPS) is 10.8. The van der Waals surface area contributed by atoms with E-state index in [1.165, 1.54) is 47.1 Å². The van der Waals surface area contributed by atoms with Gasteiger partial charge >= 0.3 is 5.97 Å². The molecule has 0 aliphatic heterocycles. The van der Waals surface area contributed by atoms with Crippen molar-refractivity contribution in [1.29, 1.82) is 0 Å². The van der Waals surface area contributed by atoms with Crippen LogP contribution in [0.25, 0.3) is 22.3 Å². The summed E-state index contributed by atoms with van der Waals surface area (Å²) < 4.78 is 11.0. The molecule has 0 saturated carbocycles. The van der Waals surface area contributed by atoms with Gasteiger partial charge in [-0.3, -0.25) is 0 Å². The summed E-state index contributed by atoms with van der Waals surface area (Å²) in [7, 11) is 0. The number of unbranched alkanes of at least 4 members (excludes halogenated alkanes) is 2. The molecular weight excluding hydrogens is 460 g/mol. The van der Waals surface area contributed by atoms with Crippen molar-refractivity contribution in [3.8, 4) is 28.0 Å². The largest absolute Gasteiger partial charge is 0.491 e. The highest BCUT2D eigenvalue weighted by molar-refractivity contribution is 5.86. The number of aryl methyl sites for hydroxylation is 3. The van der Waals surface area contributed by atoms with Crippen LogP contribution in [-0.2, 0) is 22.4 Å². The fraction of sp³-hybridized carbons (Fsp3) is 0.364. The number of hydrogen-bond acceptors (Lipinski definition) is 4. The number of rotatable bonds is 14. The molecule has 1 N–H and O–H groups in total. The molecule has 3 aromatic rings. The van der Waals surface area contributed by atoms with E-state index in [0.717, 1.165) is 29.7 Å². The summed E-state index contributed by atoms with van der Waals surface area (Å²) in [6, 6.07) is 21.6. The molecule has 196 valence electrons. The second-order valence-electron chi connectivity index (χ2n) is 9.59. The van der Waals surface area contributed by atoms with E-state index in [-0.39, 0.29) is 19.2 Å². The number of benzene rings is 3. The van der Waals surface area contributed by atoms with Crippen molar-refractivity contribution in [3.05, 3.63) is 89.5 Å². The zero-order valence-corrected chi connectivity index (χ0v) is 22.5. The predicted octanol–water partition coefficient (Wildman–Crippen LogP) is 7.48. The Morgan fingerprint density at radius 1 is 0.865 bits per heavy atom. The van der Waals surface area contributed by atoms with Gasteiger partial charge in [-0.25, -0.2) is 4.79 Å². The van der Waals surface area contributed by atoms with Crippen molar-refractivity contribution < 1.29 is 19.4 Å². The second kappa shape index (κ2) is 14.4. The molecule has 0 bridgehead atoms. The molecular formula is C33H40O4. The Morgan fingerprint density at radius 3 is 2.27 bits per heavy atom. The first-order chi connectivity index (χ1) is 17.9. The minimum Gasteiger partial charge on any atom is -0.491 e. The van der Waals surface area contributed by atoms with Crippen LogP contribution in [0.2, 0.25) is 0 Å². The minimum absolute atomic E-state index is 0.0335. The molecule has 0 aromatic heterocycles. The molecule has 0 atom stereocenters. The van der Waals surface area contributed by atoms with Crippen molar-refractivity contribution in [3.63, 3.8) is 0 Å². The standard InChI is InChI=1S/C33H40O4/c1-5-6-7-9-26-11-13-27(14-12-26)28-15-17-31(25(4)22-28)32-18-16-30(36-21-19-34)23-29(32)10-8-20-37-33(35)24(2)3/h11-18,22-23,34H,2,5-10,19-21H2,1,3-4H3. The maximum absolute atomic E-state index is 11.7. The third-order valence-electron chi connectivity index (χ3n) is 6.48. The van der Waals surface area contributed by atoms with Crippen LogP contribution in [0, 0.1) is 6.92 Å². The Labute approximate surface area is 222 Å². The van der Waals surface area contributed by atoms with Gasteiger partial charge in [0.05, 0.1) is 13.2 Å². The first kappa shape index (κ1) is 28.2. The van der Waals surface area contributed by atoms with Crippen molar-refractivity contribution in [2.75, 3.05) is 19.8 Å². The van der Waals surface area contributed by atoms with Crippen LogP contribution >= 0.6 is 0 Å². The lowest BCUT2D eigenvalue weighted by atomic mass is 9.91. The van der Waals surface area contributed by atoms with Crippen LogP contribution in [-0.4, -0.2) is 30.9 Å². The third kappa shape index (κ3) is 8.33. The average Bonchev–Trinajstić information content (AvgIpc) is 2.90. The summed E-state index contributed by atoms with van der Waals surface area (Å²) >= 11 is 0. The first-order valence-electron chi connectivity index (χ1n) is 13.3. The van der Waals surface area contributed by atoms with Gasteiger partial charge in [-0.15, -0.1) is 0 Å². The van der Waals surface area contributed by atoms with Gasteiger partial charge in [0.25, 0.3) is 0 Å². The zero-order valence-electron chi connectivity index (χ0n) is 22.5. The highest BCUT2D eigenvalue weighted by Crippen LogP contribution is 2.33. The Morgan fingerprint density at radius 2 is 1.59 bits per heavy atom. The lowest BCUT2D eigenvalue weighted by Gasteiger charge is -2.16. The molecule has 4 heteroatoms. The summed E-state index contributed by atoms with van der Waals surface area (Å²) in [6.07, 6.45) is 6.32. The number of aliphatic hydroxyl groups excluding tert-OH is 1. The fourth-order valence-electron chi connectivity index (χ4n) is 4.43. The number of carbonyl (C=O) groups excluding carboxylic acids is 1. The molecule has 37 heavy (non-hydrogen) atoms. The lowest BCUT2D eigenvalue weighted by molar-refractivity contribution is -0.139. The summed E-state index contributed by atoms with van der Waals surface area (Å²) in [4.78, 5) is 11.7. The number of aliphatic hydroxyl groups is 1. The molecule has 0 spiro atoms. The maximum Gasteiger partial charge on any atom is 0.333 e. The van der Waals surface area contributed by atoms with Crippen molar-refractivity contribution in [2.45, 2.75) is 59.3 Å². The number of carbonyl (C=O) groups is 1. The highest BCUT2D eigenvalue weighted by atomic mass is 16.5. The SMILES string of the molecule is C=C(C)C(=O)OCCCc1cc(OCCO)ccc1-c1ccc(-c2ccc(CCCCC)cc2)cc1C. The molecule has 0 fully saturated rings. The van der Waals surface area contributed by atoms with Gasteiger partial charge in [-0.05, 0) is 90.6 Å². The molecule has 3 aromatic carbocycles. The zero-order chi connectivity index (χ0) is 26.6. The topological polar surface area (TPSA) is 55.8 Å². The number of ether oxygens (including phenoxy) is 2. The monoisotopic (exact) mass is 500 g/mol. The van der Waals surface area contributed by atoms with E-state index in [9.17, 15) is 4.79 Å². The Bertz CT molecular complexity index is 1180. The predicted molar refractivity (Wildman–Crippen MR) is 152 cm³/mol. The number of hydrogen-bond donors (Lipinski definition) is 1. The summed E-state index contributed by atoms with van der Waals surface area (Å²) in [5, 5.41) is 9.14. The molecule has 0 radical (unpaired) electrons. The van der Waals surface area contributed by atoms with Crippen LogP contribution in [0.3, 0.4) is 0 Å². The first-order valence-corrected chi connectivity index (χ1v) is 13.3. The minimum atomic E-state index is -0.360. The van der Waals surface area contributed by atoms with Gasteiger partial charge in [-0.1, -0.05) is 74.9 Å². The van der Waals surface area contributed by atoms with Gasteiger partial charge < -0.3 is 14.6 Å². The van der Waals surface area contributed by atoms with Crippen LogP contribution in [0.1, 0.15) is 56.2 Å². The Balaban J connectivity index is 1.80. The summed E-state index contributed by atoms with van der Waals surface area (Å²) in [5.74, 6) is 0.362. The van der Waals surface area contributed by atoms with Gasteiger partial charge in [0, 0.05) is 5.57 Å². The average molecular weight is 501 g/mol. The lowest BCUT2D eigenvalue weighted by Crippen LogP contribution is -2.07.